The first-order valence-electron chi connectivity index (χ1n) is 9.45. The highest BCUT2D eigenvalue weighted by Gasteiger charge is 2.65. The lowest BCUT2D eigenvalue weighted by molar-refractivity contribution is -0.166. The van der Waals surface area contributed by atoms with Crippen molar-refractivity contribution in [2.75, 3.05) is 6.61 Å². The summed E-state index contributed by atoms with van der Waals surface area (Å²) in [6.45, 7) is 1.82. The summed E-state index contributed by atoms with van der Waals surface area (Å²) in [6.07, 6.45) is -4.62. The molecule has 2 aliphatic rings. The predicted molar refractivity (Wildman–Crippen MR) is 107 cm³/mol. The average molecular weight is 429 g/mol. The van der Waals surface area contributed by atoms with Crippen LogP contribution in [-0.2, 0) is 15.2 Å². The second kappa shape index (κ2) is 7.53. The third-order valence-electron chi connectivity index (χ3n) is 4.95. The molecule has 10 heteroatoms. The van der Waals surface area contributed by atoms with Crippen molar-refractivity contribution in [1.82, 2.24) is 5.32 Å². The Morgan fingerprint density at radius 3 is 2.32 bits per heavy atom. The Morgan fingerprint density at radius 1 is 1.13 bits per heavy atom. The van der Waals surface area contributed by atoms with Crippen LogP contribution >= 0.6 is 0 Å². The summed E-state index contributed by atoms with van der Waals surface area (Å²) >= 11 is 0. The van der Waals surface area contributed by atoms with Gasteiger partial charge in [0.15, 0.2) is 5.96 Å². The highest BCUT2D eigenvalue weighted by molar-refractivity contribution is 6.04. The number of nitrogens with two attached hydrogens (primary N) is 1. The van der Waals surface area contributed by atoms with E-state index in [4.69, 9.17) is 10.5 Å². The van der Waals surface area contributed by atoms with Crippen molar-refractivity contribution in [3.8, 4) is 0 Å². The topological polar surface area (TPSA) is 101 Å². The molecule has 0 fully saturated rings. The van der Waals surface area contributed by atoms with Crippen molar-refractivity contribution in [1.29, 1.82) is 0 Å². The van der Waals surface area contributed by atoms with Crippen LogP contribution in [0, 0.1) is 0 Å². The minimum Gasteiger partial charge on any atom is -0.463 e. The molecule has 2 aromatic carbocycles. The van der Waals surface area contributed by atoms with E-state index in [1.54, 1.807) is 31.2 Å². The van der Waals surface area contributed by atoms with Gasteiger partial charge in [-0.25, -0.2) is 9.79 Å². The second-order valence-electron chi connectivity index (χ2n) is 6.91. The second-order valence-corrected chi connectivity index (χ2v) is 6.91. The van der Waals surface area contributed by atoms with Gasteiger partial charge in [-0.1, -0.05) is 54.6 Å². The van der Waals surface area contributed by atoms with Crippen LogP contribution in [0.4, 0.5) is 13.2 Å². The van der Waals surface area contributed by atoms with E-state index in [9.17, 15) is 18.0 Å². The number of alkyl halides is 3. The summed E-state index contributed by atoms with van der Waals surface area (Å²) < 4.78 is 45.1. The fraction of sp³-hybridized carbons (Fsp3) is 0.238. The molecule has 31 heavy (non-hydrogen) atoms. The maximum atomic E-state index is 13.3. The van der Waals surface area contributed by atoms with Crippen molar-refractivity contribution in [3.63, 3.8) is 0 Å². The van der Waals surface area contributed by atoms with Gasteiger partial charge in [-0.05, 0) is 18.1 Å². The Labute approximate surface area is 175 Å². The van der Waals surface area contributed by atoms with Gasteiger partial charge < -0.3 is 15.8 Å². The van der Waals surface area contributed by atoms with Crippen molar-refractivity contribution < 1.29 is 22.7 Å². The minimum absolute atomic E-state index is 0.0694. The van der Waals surface area contributed by atoms with Gasteiger partial charge >= 0.3 is 17.8 Å². The number of aliphatic imine (C=N–C) groups is 1. The van der Waals surface area contributed by atoms with E-state index in [2.05, 4.69) is 20.5 Å². The lowest BCUT2D eigenvalue weighted by Crippen LogP contribution is -2.37. The van der Waals surface area contributed by atoms with Gasteiger partial charge in [0.05, 0.1) is 17.9 Å². The number of guanidine groups is 1. The number of esters is 1. The molecule has 3 N–H and O–H groups in total. The molecule has 4 rings (SSSR count). The third-order valence-corrected chi connectivity index (χ3v) is 4.95. The van der Waals surface area contributed by atoms with E-state index in [1.807, 2.05) is 6.07 Å². The number of hydrogen-bond donors (Lipinski definition) is 2. The lowest BCUT2D eigenvalue weighted by atomic mass is 9.91. The SMILES string of the molecule is CCOC(=O)C1=C(c2ccccc2)NC(N)=NC1c1ccc(C2(C(F)(F)F)N=N2)cc1. The number of carbonyl (C=O) groups excluding carboxylic acids is 1. The van der Waals surface area contributed by atoms with Gasteiger partial charge in [-0.2, -0.15) is 13.2 Å². The van der Waals surface area contributed by atoms with Crippen LogP contribution in [0.25, 0.3) is 5.70 Å². The quantitative estimate of drug-likeness (QED) is 0.706. The van der Waals surface area contributed by atoms with Gasteiger partial charge in [0.25, 0.3) is 0 Å². The molecule has 1 atom stereocenters. The first-order valence-corrected chi connectivity index (χ1v) is 9.45. The van der Waals surface area contributed by atoms with Crippen LogP contribution in [0.15, 0.2) is 75.4 Å². The van der Waals surface area contributed by atoms with Crippen LogP contribution in [0.3, 0.4) is 0 Å². The number of rotatable bonds is 5. The Balaban J connectivity index is 1.77. The molecular weight excluding hydrogens is 411 g/mol. The number of benzene rings is 2. The molecule has 1 unspecified atom stereocenters. The van der Waals surface area contributed by atoms with E-state index in [1.165, 1.54) is 24.3 Å². The summed E-state index contributed by atoms with van der Waals surface area (Å²) in [7, 11) is 0. The summed E-state index contributed by atoms with van der Waals surface area (Å²) in [5.74, 6) is -0.530. The highest BCUT2D eigenvalue weighted by atomic mass is 19.4. The maximum Gasteiger partial charge on any atom is 0.442 e. The first-order chi connectivity index (χ1) is 14.8. The van der Waals surface area contributed by atoms with Crippen LogP contribution in [0.2, 0.25) is 0 Å². The predicted octanol–water partition coefficient (Wildman–Crippen LogP) is 3.80. The van der Waals surface area contributed by atoms with E-state index < -0.39 is 23.9 Å². The molecule has 2 heterocycles. The Hall–Kier alpha value is -3.69. The summed E-state index contributed by atoms with van der Waals surface area (Å²) in [4.78, 5) is 17.2. The fourth-order valence-corrected chi connectivity index (χ4v) is 3.40. The van der Waals surface area contributed by atoms with E-state index in [0.29, 0.717) is 16.8 Å². The first kappa shape index (κ1) is 20.6. The summed E-state index contributed by atoms with van der Waals surface area (Å²) in [5, 5.41) is 9.33. The van der Waals surface area contributed by atoms with E-state index >= 15 is 0 Å². The maximum absolute atomic E-state index is 13.3. The Morgan fingerprint density at radius 2 is 1.77 bits per heavy atom. The molecule has 0 bridgehead atoms. The lowest BCUT2D eigenvalue weighted by Gasteiger charge is -2.26. The summed E-state index contributed by atoms with van der Waals surface area (Å²) in [5.41, 5.74) is 5.14. The zero-order valence-electron chi connectivity index (χ0n) is 16.3. The third kappa shape index (κ3) is 3.65. The van der Waals surface area contributed by atoms with Crippen molar-refractivity contribution >= 4 is 17.6 Å². The van der Waals surface area contributed by atoms with E-state index in [-0.39, 0.29) is 23.7 Å². The number of carbonyl (C=O) groups is 1. The van der Waals surface area contributed by atoms with Crippen molar-refractivity contribution in [3.05, 3.63) is 76.9 Å². The van der Waals surface area contributed by atoms with Gasteiger partial charge in [0.2, 0.25) is 0 Å². The molecule has 0 radical (unpaired) electrons. The molecule has 160 valence electrons. The average Bonchev–Trinajstić information content (AvgIpc) is 3.56. The number of ether oxygens (including phenoxy) is 1. The fourth-order valence-electron chi connectivity index (χ4n) is 3.40. The smallest absolute Gasteiger partial charge is 0.442 e. The Bertz CT molecular complexity index is 1090. The van der Waals surface area contributed by atoms with Gasteiger partial charge in [-0.3, -0.25) is 0 Å². The minimum atomic E-state index is -4.62. The van der Waals surface area contributed by atoms with Crippen LogP contribution in [-0.4, -0.2) is 24.7 Å². The molecule has 0 saturated carbocycles. The molecule has 0 spiro atoms. The number of nitrogens with one attached hydrogen (secondary N) is 1. The zero-order chi connectivity index (χ0) is 22.2. The standard InChI is InChI=1S/C21H18F3N5O2/c1-2-31-18(30)15-16(12-6-4-3-5-7-12)26-19(25)27-17(15)13-8-10-14(11-9-13)20(28-29-20)21(22,23)24/h3-11,17H,2H2,1H3,(H3,25,26,27). The largest absolute Gasteiger partial charge is 0.463 e. The van der Waals surface area contributed by atoms with Crippen molar-refractivity contribution in [2.45, 2.75) is 24.8 Å². The highest BCUT2D eigenvalue weighted by Crippen LogP contribution is 2.52. The molecular formula is C21H18F3N5O2. The zero-order valence-corrected chi connectivity index (χ0v) is 16.3. The molecule has 7 nitrogen and oxygen atoms in total. The monoisotopic (exact) mass is 429 g/mol. The molecule has 0 aromatic heterocycles. The number of halogens is 3. The van der Waals surface area contributed by atoms with Crippen LogP contribution < -0.4 is 11.1 Å². The molecule has 0 amide bonds. The molecule has 0 saturated heterocycles. The van der Waals surface area contributed by atoms with Crippen LogP contribution in [0.1, 0.15) is 29.7 Å². The number of hydrogen-bond acceptors (Lipinski definition) is 7. The van der Waals surface area contributed by atoms with E-state index in [0.717, 1.165) is 0 Å². The molecule has 2 aliphatic heterocycles. The molecule has 2 aromatic rings. The molecule has 0 aliphatic carbocycles. The van der Waals surface area contributed by atoms with Gasteiger partial charge in [-0.15, -0.1) is 10.2 Å². The van der Waals surface area contributed by atoms with Crippen molar-refractivity contribution in [2.24, 2.45) is 21.0 Å². The van der Waals surface area contributed by atoms with Gasteiger partial charge in [0, 0.05) is 5.56 Å². The van der Waals surface area contributed by atoms with Crippen LogP contribution in [0.5, 0.6) is 0 Å². The Kier molecular flexibility index (Phi) is 5.00. The summed E-state index contributed by atoms with van der Waals surface area (Å²) in [6, 6.07) is 13.6. The normalized spacial score (nSPS) is 19.5. The number of nitrogens with zero attached hydrogens (tertiary/aromatic N) is 3. The van der Waals surface area contributed by atoms with Gasteiger partial charge in [0.1, 0.15) is 6.04 Å².